The zero-order chi connectivity index (χ0) is 15.2. The van der Waals surface area contributed by atoms with Gasteiger partial charge in [-0.3, -0.25) is 0 Å². The van der Waals surface area contributed by atoms with Gasteiger partial charge in [-0.05, 0) is 54.8 Å². The lowest BCUT2D eigenvalue weighted by Crippen LogP contribution is -2.23. The highest BCUT2D eigenvalue weighted by Crippen LogP contribution is 2.25. The Labute approximate surface area is 132 Å². The van der Waals surface area contributed by atoms with E-state index in [4.69, 9.17) is 16.3 Å². The van der Waals surface area contributed by atoms with Crippen molar-refractivity contribution < 1.29 is 4.74 Å². The van der Waals surface area contributed by atoms with E-state index in [1.807, 2.05) is 18.2 Å². The van der Waals surface area contributed by atoms with E-state index in [1.54, 1.807) is 7.11 Å². The van der Waals surface area contributed by atoms with E-state index in [-0.39, 0.29) is 6.04 Å². The van der Waals surface area contributed by atoms with E-state index < -0.39 is 0 Å². The molecule has 0 radical (unpaired) electrons. The Hall–Kier alpha value is -1.51. The molecule has 0 fully saturated rings. The molecule has 21 heavy (non-hydrogen) atoms. The summed E-state index contributed by atoms with van der Waals surface area (Å²) >= 11 is 6.36. The highest BCUT2D eigenvalue weighted by Gasteiger charge is 2.13. The van der Waals surface area contributed by atoms with Gasteiger partial charge in [0.25, 0.3) is 0 Å². The fourth-order valence-corrected chi connectivity index (χ4v) is 2.74. The van der Waals surface area contributed by atoms with Gasteiger partial charge in [0.15, 0.2) is 0 Å². The number of aryl methyl sites for hydroxylation is 1. The number of nitrogens with one attached hydrogen (secondary N) is 1. The van der Waals surface area contributed by atoms with Gasteiger partial charge in [-0.2, -0.15) is 0 Å². The second-order valence-corrected chi connectivity index (χ2v) is 5.59. The molecule has 0 amide bonds. The maximum atomic E-state index is 6.36. The Morgan fingerprint density at radius 1 is 1.14 bits per heavy atom. The summed E-state index contributed by atoms with van der Waals surface area (Å²) in [4.78, 5) is 0. The zero-order valence-corrected chi connectivity index (χ0v) is 13.6. The minimum Gasteiger partial charge on any atom is -0.497 e. The Balaban J connectivity index is 2.21. The van der Waals surface area contributed by atoms with Crippen molar-refractivity contribution in [1.29, 1.82) is 0 Å². The van der Waals surface area contributed by atoms with Crippen LogP contribution in [0.4, 0.5) is 0 Å². The van der Waals surface area contributed by atoms with E-state index in [9.17, 15) is 0 Å². The maximum Gasteiger partial charge on any atom is 0.118 e. The van der Waals surface area contributed by atoms with Crippen LogP contribution in [0.2, 0.25) is 5.02 Å². The maximum absolute atomic E-state index is 6.36. The first-order valence-electron chi connectivity index (χ1n) is 7.26. The second kappa shape index (κ2) is 7.48. The number of hydrogen-bond acceptors (Lipinski definition) is 2. The second-order valence-electron chi connectivity index (χ2n) is 5.18. The summed E-state index contributed by atoms with van der Waals surface area (Å²) in [7, 11) is 1.68. The van der Waals surface area contributed by atoms with E-state index >= 15 is 0 Å². The summed E-state index contributed by atoms with van der Waals surface area (Å²) < 4.78 is 5.22. The van der Waals surface area contributed by atoms with Crippen molar-refractivity contribution in [3.05, 3.63) is 64.2 Å². The van der Waals surface area contributed by atoms with E-state index in [2.05, 4.69) is 43.4 Å². The molecular formula is C18H22ClNO. The number of rotatable bonds is 6. The van der Waals surface area contributed by atoms with E-state index in [1.165, 1.54) is 16.7 Å². The molecule has 2 nitrogen and oxygen atoms in total. The van der Waals surface area contributed by atoms with Crippen LogP contribution in [0.25, 0.3) is 0 Å². The molecular weight excluding hydrogens is 282 g/mol. The van der Waals surface area contributed by atoms with Gasteiger partial charge in [0.05, 0.1) is 7.11 Å². The molecule has 2 rings (SSSR count). The van der Waals surface area contributed by atoms with Crippen LogP contribution in [0.15, 0.2) is 42.5 Å². The summed E-state index contributed by atoms with van der Waals surface area (Å²) in [5, 5.41) is 4.37. The quantitative estimate of drug-likeness (QED) is 0.845. The monoisotopic (exact) mass is 303 g/mol. The molecule has 1 unspecified atom stereocenters. The number of benzene rings is 2. The van der Waals surface area contributed by atoms with Crippen LogP contribution in [0.5, 0.6) is 5.75 Å². The van der Waals surface area contributed by atoms with Crippen LogP contribution < -0.4 is 10.1 Å². The SMILES string of the molecule is CCNC(Cc1ccc(C)cc1Cl)c1ccc(OC)cc1. The van der Waals surface area contributed by atoms with Crippen LogP contribution in [0.1, 0.15) is 29.7 Å². The molecule has 0 heterocycles. The summed E-state index contributed by atoms with van der Waals surface area (Å²) in [6.45, 7) is 5.09. The highest BCUT2D eigenvalue weighted by atomic mass is 35.5. The number of hydrogen-bond donors (Lipinski definition) is 1. The van der Waals surface area contributed by atoms with Gasteiger partial charge in [0.2, 0.25) is 0 Å². The molecule has 0 saturated carbocycles. The van der Waals surface area contributed by atoms with Crippen molar-refractivity contribution in [2.75, 3.05) is 13.7 Å². The van der Waals surface area contributed by atoms with Crippen molar-refractivity contribution in [3.63, 3.8) is 0 Å². The Bertz CT molecular complexity index is 580. The first kappa shape index (κ1) is 15.9. The molecule has 0 aliphatic rings. The predicted octanol–water partition coefficient (Wildman–Crippen LogP) is 4.55. The zero-order valence-electron chi connectivity index (χ0n) is 12.8. The predicted molar refractivity (Wildman–Crippen MR) is 89.3 cm³/mol. The summed E-state index contributed by atoms with van der Waals surface area (Å²) in [5.74, 6) is 0.877. The summed E-state index contributed by atoms with van der Waals surface area (Å²) in [6.07, 6.45) is 0.874. The lowest BCUT2D eigenvalue weighted by molar-refractivity contribution is 0.414. The van der Waals surface area contributed by atoms with Crippen LogP contribution >= 0.6 is 11.6 Å². The van der Waals surface area contributed by atoms with Crippen LogP contribution in [-0.2, 0) is 6.42 Å². The summed E-state index contributed by atoms with van der Waals surface area (Å²) in [6, 6.07) is 14.7. The summed E-state index contributed by atoms with van der Waals surface area (Å²) in [5.41, 5.74) is 3.60. The normalized spacial score (nSPS) is 12.2. The smallest absolute Gasteiger partial charge is 0.118 e. The average molecular weight is 304 g/mol. The van der Waals surface area contributed by atoms with Gasteiger partial charge < -0.3 is 10.1 Å². The minimum atomic E-state index is 0.251. The van der Waals surface area contributed by atoms with Gasteiger partial charge in [-0.15, -0.1) is 0 Å². The standard InChI is InChI=1S/C18H22ClNO/c1-4-20-18(14-7-9-16(21-3)10-8-14)12-15-6-5-13(2)11-17(15)19/h5-11,18,20H,4,12H2,1-3H3. The molecule has 0 aliphatic carbocycles. The van der Waals surface area contributed by atoms with Crippen molar-refractivity contribution in [2.24, 2.45) is 0 Å². The van der Waals surface area contributed by atoms with Crippen LogP contribution in [0.3, 0.4) is 0 Å². The lowest BCUT2D eigenvalue weighted by atomic mass is 9.98. The fraction of sp³-hybridized carbons (Fsp3) is 0.333. The molecule has 0 spiro atoms. The largest absolute Gasteiger partial charge is 0.497 e. The number of likely N-dealkylation sites (N-methyl/N-ethyl adjacent to an activating group) is 1. The topological polar surface area (TPSA) is 21.3 Å². The Morgan fingerprint density at radius 2 is 1.86 bits per heavy atom. The molecule has 2 aromatic carbocycles. The fourth-order valence-electron chi connectivity index (χ4n) is 2.43. The average Bonchev–Trinajstić information content (AvgIpc) is 2.49. The molecule has 3 heteroatoms. The molecule has 0 aliphatic heterocycles. The van der Waals surface area contributed by atoms with Crippen molar-refractivity contribution in [3.8, 4) is 5.75 Å². The van der Waals surface area contributed by atoms with Gasteiger partial charge in [0.1, 0.15) is 5.75 Å². The lowest BCUT2D eigenvalue weighted by Gasteiger charge is -2.19. The molecule has 2 aromatic rings. The Morgan fingerprint density at radius 3 is 2.43 bits per heavy atom. The van der Waals surface area contributed by atoms with Gasteiger partial charge in [0, 0.05) is 11.1 Å². The van der Waals surface area contributed by atoms with Crippen LogP contribution in [0, 0.1) is 6.92 Å². The Kier molecular flexibility index (Phi) is 5.66. The third kappa shape index (κ3) is 4.23. The highest BCUT2D eigenvalue weighted by molar-refractivity contribution is 6.31. The molecule has 0 saturated heterocycles. The first-order valence-corrected chi connectivity index (χ1v) is 7.64. The van der Waals surface area contributed by atoms with Gasteiger partial charge >= 0.3 is 0 Å². The molecule has 112 valence electrons. The number of methoxy groups -OCH3 is 1. The van der Waals surface area contributed by atoms with Crippen molar-refractivity contribution in [1.82, 2.24) is 5.32 Å². The van der Waals surface area contributed by atoms with E-state index in [0.29, 0.717) is 0 Å². The third-order valence-electron chi connectivity index (χ3n) is 3.60. The number of halogens is 1. The van der Waals surface area contributed by atoms with Crippen molar-refractivity contribution >= 4 is 11.6 Å². The van der Waals surface area contributed by atoms with Crippen molar-refractivity contribution in [2.45, 2.75) is 26.3 Å². The molecule has 0 bridgehead atoms. The third-order valence-corrected chi connectivity index (χ3v) is 3.95. The minimum absolute atomic E-state index is 0.251. The molecule has 1 N–H and O–H groups in total. The molecule has 1 atom stereocenters. The van der Waals surface area contributed by atoms with Crippen LogP contribution in [-0.4, -0.2) is 13.7 Å². The first-order chi connectivity index (χ1) is 10.1. The van der Waals surface area contributed by atoms with Gasteiger partial charge in [-0.25, -0.2) is 0 Å². The van der Waals surface area contributed by atoms with Gasteiger partial charge in [-0.1, -0.05) is 42.8 Å². The molecule has 0 aromatic heterocycles. The number of ether oxygens (including phenoxy) is 1. The van der Waals surface area contributed by atoms with E-state index in [0.717, 1.165) is 23.7 Å².